The van der Waals surface area contributed by atoms with Gasteiger partial charge in [-0.1, -0.05) is 73.3 Å². The van der Waals surface area contributed by atoms with Crippen molar-refractivity contribution in [2.45, 2.75) is 42.1 Å². The molecule has 0 amide bonds. The van der Waals surface area contributed by atoms with Gasteiger partial charge in [0.1, 0.15) is 6.33 Å². The number of hydrogen-bond acceptors (Lipinski definition) is 8. The number of ether oxygens (including phenoxy) is 2. The van der Waals surface area contributed by atoms with Crippen molar-refractivity contribution in [1.29, 1.82) is 0 Å². The van der Waals surface area contributed by atoms with Gasteiger partial charge < -0.3 is 19.1 Å². The molecule has 0 saturated carbocycles. The molecule has 3 aromatic carbocycles. The molecule has 0 radical (unpaired) electrons. The molecule has 39 heavy (non-hydrogen) atoms. The SMILES string of the molecule is C[C@@H]1[C@H](CSc2nncn2C)O[C@H](c2ccc(NS(=O)(=O)c3ccccc3)cc2)O[C@@H]1c1ccc(CO)cc1. The predicted molar refractivity (Wildman–Crippen MR) is 148 cm³/mol. The van der Waals surface area contributed by atoms with E-state index in [2.05, 4.69) is 21.8 Å². The van der Waals surface area contributed by atoms with Gasteiger partial charge in [-0.2, -0.15) is 0 Å². The van der Waals surface area contributed by atoms with Gasteiger partial charge in [-0.15, -0.1) is 10.2 Å². The van der Waals surface area contributed by atoms with Crippen LogP contribution in [0.15, 0.2) is 95.2 Å². The number of aromatic nitrogens is 3. The van der Waals surface area contributed by atoms with Crippen LogP contribution in [0, 0.1) is 5.92 Å². The van der Waals surface area contributed by atoms with Crippen LogP contribution in [0.1, 0.15) is 36.0 Å². The van der Waals surface area contributed by atoms with Crippen molar-refractivity contribution in [2.24, 2.45) is 13.0 Å². The van der Waals surface area contributed by atoms with Crippen LogP contribution in [0.25, 0.3) is 0 Å². The topological polar surface area (TPSA) is 116 Å². The molecule has 4 aromatic rings. The van der Waals surface area contributed by atoms with E-state index in [1.54, 1.807) is 60.6 Å². The normalized spacial score (nSPS) is 21.5. The van der Waals surface area contributed by atoms with Crippen LogP contribution in [0.4, 0.5) is 5.69 Å². The number of hydrogen-bond donors (Lipinski definition) is 2. The first-order valence-electron chi connectivity index (χ1n) is 12.5. The van der Waals surface area contributed by atoms with E-state index in [4.69, 9.17) is 9.47 Å². The van der Waals surface area contributed by atoms with Crippen molar-refractivity contribution in [3.8, 4) is 0 Å². The molecule has 9 nitrogen and oxygen atoms in total. The second-order valence-corrected chi connectivity index (χ2v) is 12.1. The Morgan fingerprint density at radius 3 is 2.31 bits per heavy atom. The molecule has 1 fully saturated rings. The molecular formula is C28H30N4O5S2. The standard InChI is InChI=1S/C28H30N4O5S2/c1-19-25(17-38-28-30-29-18-32(28)2)36-27(37-26(19)21-10-8-20(16-33)9-11-21)22-12-14-23(15-13-22)31-39(34,35)24-6-4-3-5-7-24/h3-15,18-19,25-27,31,33H,16-17H2,1-2H3/t19-,25+,26+,27+/m1/s1. The summed E-state index contributed by atoms with van der Waals surface area (Å²) in [4.78, 5) is 0.195. The van der Waals surface area contributed by atoms with Crippen molar-refractivity contribution in [3.05, 3.63) is 102 Å². The Morgan fingerprint density at radius 1 is 0.974 bits per heavy atom. The average Bonchev–Trinajstić information content (AvgIpc) is 3.37. The number of rotatable bonds is 9. The molecule has 0 aliphatic carbocycles. The molecule has 204 valence electrons. The first-order valence-corrected chi connectivity index (χ1v) is 15.0. The van der Waals surface area contributed by atoms with E-state index in [9.17, 15) is 13.5 Å². The Bertz CT molecular complexity index is 1480. The number of nitrogens with zero attached hydrogens (tertiary/aromatic N) is 3. The van der Waals surface area contributed by atoms with Gasteiger partial charge in [-0.25, -0.2) is 8.42 Å². The molecule has 0 bridgehead atoms. The zero-order chi connectivity index (χ0) is 27.4. The number of nitrogens with one attached hydrogen (secondary N) is 1. The Labute approximate surface area is 232 Å². The Balaban J connectivity index is 1.36. The second kappa shape index (κ2) is 11.9. The number of aryl methyl sites for hydroxylation is 1. The van der Waals surface area contributed by atoms with Gasteiger partial charge in [0, 0.05) is 30.0 Å². The summed E-state index contributed by atoms with van der Waals surface area (Å²) in [6.07, 6.45) is 0.592. The molecule has 0 spiro atoms. The van der Waals surface area contributed by atoms with Crippen LogP contribution in [0.3, 0.4) is 0 Å². The maximum atomic E-state index is 12.7. The Hall–Kier alpha value is -3.22. The number of benzene rings is 3. The fourth-order valence-electron chi connectivity index (χ4n) is 4.39. The van der Waals surface area contributed by atoms with E-state index in [-0.39, 0.29) is 29.6 Å². The van der Waals surface area contributed by atoms with Crippen LogP contribution < -0.4 is 4.72 Å². The zero-order valence-electron chi connectivity index (χ0n) is 21.5. The lowest BCUT2D eigenvalue weighted by atomic mass is 9.91. The van der Waals surface area contributed by atoms with Gasteiger partial charge >= 0.3 is 0 Å². The van der Waals surface area contributed by atoms with Crippen molar-refractivity contribution < 1.29 is 23.0 Å². The summed E-state index contributed by atoms with van der Waals surface area (Å²) >= 11 is 1.57. The van der Waals surface area contributed by atoms with E-state index < -0.39 is 16.3 Å². The summed E-state index contributed by atoms with van der Waals surface area (Å²) in [5, 5.41) is 18.4. The number of aliphatic hydroxyl groups is 1. The van der Waals surface area contributed by atoms with Crippen LogP contribution in [-0.2, 0) is 33.2 Å². The minimum atomic E-state index is -3.70. The van der Waals surface area contributed by atoms with E-state index >= 15 is 0 Å². The third kappa shape index (κ3) is 6.34. The molecule has 1 aromatic heterocycles. The first kappa shape index (κ1) is 27.4. The van der Waals surface area contributed by atoms with Gasteiger partial charge in [-0.05, 0) is 35.4 Å². The first-order chi connectivity index (χ1) is 18.8. The fraction of sp³-hybridized carbons (Fsp3) is 0.286. The summed E-state index contributed by atoms with van der Waals surface area (Å²) in [6, 6.07) is 23.0. The van der Waals surface area contributed by atoms with Gasteiger partial charge in [0.25, 0.3) is 10.0 Å². The van der Waals surface area contributed by atoms with Crippen molar-refractivity contribution in [3.63, 3.8) is 0 Å². The van der Waals surface area contributed by atoms with Crippen molar-refractivity contribution in [2.75, 3.05) is 10.5 Å². The van der Waals surface area contributed by atoms with Gasteiger partial charge in [0.15, 0.2) is 11.4 Å². The molecule has 1 aliphatic rings. The molecule has 5 rings (SSSR count). The lowest BCUT2D eigenvalue weighted by molar-refractivity contribution is -0.268. The Kier molecular flexibility index (Phi) is 8.34. The predicted octanol–water partition coefficient (Wildman–Crippen LogP) is 4.69. The third-order valence-corrected chi connectivity index (χ3v) is 9.18. The van der Waals surface area contributed by atoms with Crippen molar-refractivity contribution in [1.82, 2.24) is 14.8 Å². The quantitative estimate of drug-likeness (QED) is 0.280. The molecular weight excluding hydrogens is 536 g/mol. The summed E-state index contributed by atoms with van der Waals surface area (Å²) in [5.74, 6) is 0.673. The minimum absolute atomic E-state index is 0.0234. The maximum absolute atomic E-state index is 12.7. The highest BCUT2D eigenvalue weighted by Crippen LogP contribution is 2.43. The lowest BCUT2D eigenvalue weighted by Gasteiger charge is -2.41. The smallest absolute Gasteiger partial charge is 0.261 e. The van der Waals surface area contributed by atoms with Gasteiger partial charge in [-0.3, -0.25) is 4.72 Å². The second-order valence-electron chi connectivity index (χ2n) is 9.40. The maximum Gasteiger partial charge on any atom is 0.261 e. The van der Waals surface area contributed by atoms with E-state index in [0.29, 0.717) is 11.4 Å². The van der Waals surface area contributed by atoms with E-state index in [1.807, 2.05) is 48.0 Å². The van der Waals surface area contributed by atoms with Crippen LogP contribution in [0.2, 0.25) is 0 Å². The molecule has 2 N–H and O–H groups in total. The number of aliphatic hydroxyl groups excluding tert-OH is 1. The Morgan fingerprint density at radius 2 is 1.67 bits per heavy atom. The third-order valence-electron chi connectivity index (χ3n) is 6.66. The van der Waals surface area contributed by atoms with Crippen molar-refractivity contribution >= 4 is 27.5 Å². The fourth-order valence-corrected chi connectivity index (χ4v) is 6.52. The zero-order valence-corrected chi connectivity index (χ0v) is 23.2. The number of sulfonamides is 1. The van der Waals surface area contributed by atoms with E-state index in [0.717, 1.165) is 21.8 Å². The number of thioether (sulfide) groups is 1. The van der Waals surface area contributed by atoms with Gasteiger partial charge in [0.05, 0.1) is 23.7 Å². The molecule has 4 atom stereocenters. The molecule has 0 unspecified atom stereocenters. The molecule has 1 saturated heterocycles. The van der Waals surface area contributed by atoms with Crippen LogP contribution in [0.5, 0.6) is 0 Å². The van der Waals surface area contributed by atoms with Gasteiger partial charge in [0.2, 0.25) is 0 Å². The van der Waals surface area contributed by atoms with Crippen LogP contribution in [-0.4, -0.2) is 40.1 Å². The van der Waals surface area contributed by atoms with Crippen LogP contribution >= 0.6 is 11.8 Å². The summed E-state index contributed by atoms with van der Waals surface area (Å²) in [7, 11) is -1.79. The summed E-state index contributed by atoms with van der Waals surface area (Å²) < 4.78 is 42.8. The summed E-state index contributed by atoms with van der Waals surface area (Å²) in [6.45, 7) is 2.08. The largest absolute Gasteiger partial charge is 0.392 e. The van der Waals surface area contributed by atoms with E-state index in [1.165, 1.54) is 0 Å². The minimum Gasteiger partial charge on any atom is -0.392 e. The number of anilines is 1. The summed E-state index contributed by atoms with van der Waals surface area (Å²) in [5.41, 5.74) is 3.04. The highest BCUT2D eigenvalue weighted by molar-refractivity contribution is 7.99. The average molecular weight is 567 g/mol. The molecule has 2 heterocycles. The monoisotopic (exact) mass is 566 g/mol. The highest BCUT2D eigenvalue weighted by atomic mass is 32.2. The lowest BCUT2D eigenvalue weighted by Crippen LogP contribution is -2.38. The molecule has 1 aliphatic heterocycles. The molecule has 11 heteroatoms. The highest BCUT2D eigenvalue weighted by Gasteiger charge is 2.38.